The molecule has 3 aromatic carbocycles. The number of ether oxygens (including phenoxy) is 1. The van der Waals surface area contributed by atoms with Crippen molar-refractivity contribution in [2.24, 2.45) is 0 Å². The van der Waals surface area contributed by atoms with E-state index in [1.54, 1.807) is 0 Å². The van der Waals surface area contributed by atoms with E-state index in [1.165, 1.54) is 44.1 Å². The van der Waals surface area contributed by atoms with E-state index >= 15 is 0 Å². The molecule has 0 bridgehead atoms. The molecule has 0 aliphatic carbocycles. The number of aromatic nitrogens is 2. The third kappa shape index (κ3) is 1.16. The van der Waals surface area contributed by atoms with Crippen molar-refractivity contribution in [1.82, 2.24) is 0 Å². The minimum Gasteiger partial charge on any atom is -0.456 e. The molecule has 2 aromatic heterocycles. The molecule has 0 saturated carbocycles. The van der Waals surface area contributed by atoms with Gasteiger partial charge in [0.05, 0.1) is 10.9 Å². The Morgan fingerprint density at radius 1 is 0.643 bits per heavy atom. The van der Waals surface area contributed by atoms with Crippen LogP contribution in [0.4, 0.5) is 0 Å². The predicted octanol–water partition coefficient (Wildman–Crippen LogP) is 4.27. The third-order valence-corrected chi connectivity index (χ3v) is 6.68. The Labute approximate surface area is 160 Å². The Hall–Kier alpha value is -3.72. The molecule has 0 radical (unpaired) electrons. The van der Waals surface area contributed by atoms with E-state index in [-0.39, 0.29) is 0 Å². The Morgan fingerprint density at radius 3 is 2.50 bits per heavy atom. The van der Waals surface area contributed by atoms with Crippen LogP contribution in [0.15, 0.2) is 85.2 Å². The van der Waals surface area contributed by atoms with Crippen LogP contribution in [0.1, 0.15) is 11.1 Å². The Balaban J connectivity index is 1.76. The van der Waals surface area contributed by atoms with Gasteiger partial charge in [-0.1, -0.05) is 18.2 Å². The lowest BCUT2D eigenvalue weighted by Crippen LogP contribution is -2.71. The van der Waals surface area contributed by atoms with Crippen molar-refractivity contribution in [2.45, 2.75) is 5.66 Å². The van der Waals surface area contributed by atoms with E-state index in [0.29, 0.717) is 0 Å². The maximum atomic E-state index is 6.49. The molecule has 5 aromatic rings. The third-order valence-electron chi connectivity index (χ3n) is 6.68. The first-order valence-corrected chi connectivity index (χ1v) is 9.63. The minimum atomic E-state index is -0.432. The molecule has 1 unspecified atom stereocenters. The number of benzene rings is 3. The smallest absolute Gasteiger partial charge is 0.425 e. The topological polar surface area (TPSA) is 17.0 Å². The lowest BCUT2D eigenvalue weighted by Gasteiger charge is -2.25. The van der Waals surface area contributed by atoms with Crippen LogP contribution in [0.5, 0.6) is 11.5 Å². The molecule has 0 N–H and O–H groups in total. The largest absolute Gasteiger partial charge is 0.456 e. The number of nitrogens with zero attached hydrogens (tertiary/aromatic N) is 2. The van der Waals surface area contributed by atoms with Gasteiger partial charge >= 0.3 is 5.66 Å². The van der Waals surface area contributed by atoms with Crippen LogP contribution >= 0.6 is 0 Å². The first-order valence-electron chi connectivity index (χ1n) is 9.63. The normalized spacial score (nSPS) is 19.1. The van der Waals surface area contributed by atoms with Gasteiger partial charge in [0, 0.05) is 23.6 Å². The highest BCUT2D eigenvalue weighted by Gasteiger charge is 2.69. The molecule has 128 valence electrons. The highest BCUT2D eigenvalue weighted by molar-refractivity contribution is 6.08. The fourth-order valence-electron chi connectivity index (χ4n) is 5.77. The molecule has 0 saturated heterocycles. The van der Waals surface area contributed by atoms with Crippen molar-refractivity contribution in [3.8, 4) is 22.8 Å². The van der Waals surface area contributed by atoms with Crippen LogP contribution in [0.25, 0.3) is 32.9 Å². The first kappa shape index (κ1) is 13.4. The SMILES string of the molecule is c1cc2c3c(c1)-c1cccc[n+]1C31c3c(ccc4ccc5ccc[n+]1c5c34)O2. The number of hydrogen-bond donors (Lipinski definition) is 0. The quantitative estimate of drug-likeness (QED) is 0.292. The van der Waals surface area contributed by atoms with Crippen molar-refractivity contribution in [1.29, 1.82) is 0 Å². The van der Waals surface area contributed by atoms with Gasteiger partial charge < -0.3 is 4.74 Å². The second-order valence-electron chi connectivity index (χ2n) is 7.83. The zero-order valence-corrected chi connectivity index (χ0v) is 14.9. The van der Waals surface area contributed by atoms with E-state index in [4.69, 9.17) is 4.74 Å². The second kappa shape index (κ2) is 4.07. The van der Waals surface area contributed by atoms with Gasteiger partial charge in [0.25, 0.3) is 0 Å². The van der Waals surface area contributed by atoms with Gasteiger partial charge in [0.2, 0.25) is 11.2 Å². The van der Waals surface area contributed by atoms with Gasteiger partial charge in [-0.05, 0) is 41.8 Å². The number of pyridine rings is 2. The number of rotatable bonds is 0. The van der Waals surface area contributed by atoms with Crippen LogP contribution in [0, 0.1) is 0 Å². The zero-order chi connectivity index (χ0) is 18.0. The van der Waals surface area contributed by atoms with Gasteiger partial charge in [-0.25, -0.2) is 0 Å². The van der Waals surface area contributed by atoms with Crippen molar-refractivity contribution < 1.29 is 13.9 Å². The molecule has 0 fully saturated rings. The summed E-state index contributed by atoms with van der Waals surface area (Å²) in [6.45, 7) is 0. The minimum absolute atomic E-state index is 0.432. The van der Waals surface area contributed by atoms with E-state index in [9.17, 15) is 0 Å². The number of hydrogen-bond acceptors (Lipinski definition) is 1. The summed E-state index contributed by atoms with van der Waals surface area (Å²) in [4.78, 5) is 0. The molecular weight excluding hydrogens is 344 g/mol. The lowest BCUT2D eigenvalue weighted by molar-refractivity contribution is -0.950. The Bertz CT molecular complexity index is 1550. The molecule has 3 nitrogen and oxygen atoms in total. The summed E-state index contributed by atoms with van der Waals surface area (Å²) in [6, 6.07) is 26.0. The van der Waals surface area contributed by atoms with Crippen molar-refractivity contribution >= 4 is 21.7 Å². The molecule has 8 rings (SSSR count). The summed E-state index contributed by atoms with van der Waals surface area (Å²) >= 11 is 0. The summed E-state index contributed by atoms with van der Waals surface area (Å²) in [6.07, 6.45) is 4.44. The molecule has 28 heavy (non-hydrogen) atoms. The van der Waals surface area contributed by atoms with Crippen molar-refractivity contribution in [2.75, 3.05) is 0 Å². The number of fused-ring (bicyclic) bond motifs is 2. The monoisotopic (exact) mass is 358 g/mol. The lowest BCUT2D eigenvalue weighted by atomic mass is 9.86. The van der Waals surface area contributed by atoms with E-state index < -0.39 is 5.66 Å². The highest BCUT2D eigenvalue weighted by Crippen LogP contribution is 2.56. The summed E-state index contributed by atoms with van der Waals surface area (Å²) in [5, 5.41) is 3.83. The van der Waals surface area contributed by atoms with Crippen LogP contribution in [-0.4, -0.2) is 0 Å². The maximum Gasteiger partial charge on any atom is 0.425 e. The summed E-state index contributed by atoms with van der Waals surface area (Å²) in [7, 11) is 0. The zero-order valence-electron chi connectivity index (χ0n) is 14.9. The fraction of sp³-hybridized carbons (Fsp3) is 0.0400. The predicted molar refractivity (Wildman–Crippen MR) is 105 cm³/mol. The maximum absolute atomic E-state index is 6.49. The van der Waals surface area contributed by atoms with Gasteiger partial charge in [0.1, 0.15) is 11.5 Å². The summed E-state index contributed by atoms with van der Waals surface area (Å²) in [5.74, 6) is 1.91. The van der Waals surface area contributed by atoms with E-state index in [2.05, 4.69) is 94.3 Å². The van der Waals surface area contributed by atoms with Crippen LogP contribution in [0.3, 0.4) is 0 Å². The molecule has 3 aliphatic rings. The first-order chi connectivity index (χ1) is 13.9. The van der Waals surface area contributed by atoms with Gasteiger partial charge in [-0.15, -0.1) is 9.13 Å². The highest BCUT2D eigenvalue weighted by atomic mass is 16.5. The Kier molecular flexibility index (Phi) is 1.96. The van der Waals surface area contributed by atoms with Crippen molar-refractivity contribution in [3.05, 3.63) is 96.3 Å². The average Bonchev–Trinajstić information content (AvgIpc) is 3.24. The second-order valence-corrected chi connectivity index (χ2v) is 7.83. The van der Waals surface area contributed by atoms with Gasteiger partial charge in [0.15, 0.2) is 23.5 Å². The van der Waals surface area contributed by atoms with Gasteiger partial charge in [-0.2, -0.15) is 0 Å². The molecule has 1 spiro atoms. The van der Waals surface area contributed by atoms with Gasteiger partial charge in [-0.3, -0.25) is 0 Å². The fourth-order valence-corrected chi connectivity index (χ4v) is 5.77. The average molecular weight is 358 g/mol. The van der Waals surface area contributed by atoms with Crippen LogP contribution in [0.2, 0.25) is 0 Å². The summed E-state index contributed by atoms with van der Waals surface area (Å²) in [5.41, 5.74) is 5.83. The molecule has 3 heteroatoms. The van der Waals surface area contributed by atoms with Crippen molar-refractivity contribution in [3.63, 3.8) is 0 Å². The van der Waals surface area contributed by atoms with Crippen LogP contribution < -0.4 is 13.9 Å². The molecule has 0 amide bonds. The van der Waals surface area contributed by atoms with Crippen LogP contribution in [-0.2, 0) is 5.66 Å². The summed E-state index contributed by atoms with van der Waals surface area (Å²) < 4.78 is 11.4. The van der Waals surface area contributed by atoms with E-state index in [1.807, 2.05) is 0 Å². The standard InChI is InChI=1S/C25H14N2O/c1-2-13-26-18(7-1)17-6-3-8-19-22(17)25(26)23-20(28-19)12-11-15-9-10-16-5-4-14-27(25)24(16)21(15)23/h1-14H/q+2. The molecule has 1 atom stereocenters. The Morgan fingerprint density at radius 2 is 1.50 bits per heavy atom. The van der Waals surface area contributed by atoms with E-state index in [0.717, 1.165) is 11.5 Å². The molecule has 3 aliphatic heterocycles. The molecule has 5 heterocycles. The molecular formula is C25H14N2O+2.